The number of rotatable bonds is 22. The van der Waals surface area contributed by atoms with Gasteiger partial charge >= 0.3 is 0 Å². The van der Waals surface area contributed by atoms with Gasteiger partial charge in [-0.25, -0.2) is 0 Å². The van der Waals surface area contributed by atoms with E-state index >= 15 is 0 Å². The van der Waals surface area contributed by atoms with Crippen LogP contribution in [-0.4, -0.2) is 38.3 Å². The van der Waals surface area contributed by atoms with Gasteiger partial charge in [-0.05, 0) is 6.42 Å². The molecule has 0 aliphatic carbocycles. The molecule has 0 fully saturated rings. The van der Waals surface area contributed by atoms with E-state index in [4.69, 9.17) is 4.74 Å². The molecule has 0 radical (unpaired) electrons. The molecule has 3 heteroatoms. The monoisotopic (exact) mass is 467 g/mol. The summed E-state index contributed by atoms with van der Waals surface area (Å²) in [5, 5.41) is 0. The van der Waals surface area contributed by atoms with E-state index in [1.807, 2.05) is 0 Å². The smallest absolute Gasteiger partial charge is 0.104 e. The van der Waals surface area contributed by atoms with E-state index in [1.165, 1.54) is 108 Å². The van der Waals surface area contributed by atoms with Gasteiger partial charge in [0.25, 0.3) is 0 Å². The van der Waals surface area contributed by atoms with Crippen LogP contribution in [0.1, 0.15) is 115 Å². The van der Waals surface area contributed by atoms with Gasteiger partial charge in [-0.15, -0.1) is 0 Å². The number of hydrogen-bond donors (Lipinski definition) is 0. The molecule has 0 heterocycles. The molecule has 188 valence electrons. The third-order valence-electron chi connectivity index (χ3n) is 6.44. The maximum atomic E-state index is 5.91. The molecule has 0 unspecified atom stereocenters. The van der Waals surface area contributed by atoms with Crippen molar-refractivity contribution in [3.8, 4) is 0 Å². The molecule has 0 aliphatic heterocycles. The molecular weight excluding hydrogens is 414 g/mol. The Hall–Kier alpha value is -0.570. The highest BCUT2D eigenvalue weighted by molar-refractivity contribution is 5.13. The molecule has 1 aromatic rings. The summed E-state index contributed by atoms with van der Waals surface area (Å²) in [7, 11) is 4.59. The Morgan fingerprint density at radius 3 is 1.50 bits per heavy atom. The summed E-state index contributed by atoms with van der Waals surface area (Å²) in [6, 6.07) is 10.8. The van der Waals surface area contributed by atoms with Crippen LogP contribution in [0.15, 0.2) is 30.3 Å². The van der Waals surface area contributed by atoms with Gasteiger partial charge in [0, 0.05) is 12.2 Å². The van der Waals surface area contributed by atoms with E-state index in [-0.39, 0.29) is 12.4 Å². The maximum Gasteiger partial charge on any atom is 0.104 e. The van der Waals surface area contributed by atoms with Crippen LogP contribution >= 0.6 is 0 Å². The highest BCUT2D eigenvalue weighted by Gasteiger charge is 2.15. The first kappa shape index (κ1) is 31.4. The second-order valence-electron chi connectivity index (χ2n) is 10.2. The second-order valence-corrected chi connectivity index (χ2v) is 10.2. The Balaban J connectivity index is 0.00000961. The molecular formula is C29H54ClNO. The summed E-state index contributed by atoms with van der Waals surface area (Å²) in [4.78, 5) is 0. The molecule has 1 aromatic carbocycles. The van der Waals surface area contributed by atoms with Crippen LogP contribution in [-0.2, 0) is 11.3 Å². The molecule has 0 aromatic heterocycles. The summed E-state index contributed by atoms with van der Waals surface area (Å²) in [6.45, 7) is 6.25. The molecule has 2 nitrogen and oxygen atoms in total. The number of nitrogens with zero attached hydrogens (tertiary/aromatic N) is 1. The lowest BCUT2D eigenvalue weighted by molar-refractivity contribution is -0.904. The van der Waals surface area contributed by atoms with E-state index in [1.54, 1.807) is 0 Å². The van der Waals surface area contributed by atoms with Gasteiger partial charge in [0.15, 0.2) is 0 Å². The first-order chi connectivity index (χ1) is 15.1. The Kier molecular flexibility index (Phi) is 21.8. The largest absolute Gasteiger partial charge is 1.00 e. The van der Waals surface area contributed by atoms with Crippen LogP contribution in [0, 0.1) is 0 Å². The predicted octanol–water partition coefficient (Wildman–Crippen LogP) is 5.55. The first-order valence-electron chi connectivity index (χ1n) is 13.6. The van der Waals surface area contributed by atoms with Crippen LogP contribution in [0.25, 0.3) is 0 Å². The van der Waals surface area contributed by atoms with Crippen molar-refractivity contribution in [2.24, 2.45) is 0 Å². The van der Waals surface area contributed by atoms with Crippen LogP contribution in [0.3, 0.4) is 0 Å². The Labute approximate surface area is 207 Å². The van der Waals surface area contributed by atoms with Gasteiger partial charge in [-0.2, -0.15) is 0 Å². The van der Waals surface area contributed by atoms with Gasteiger partial charge in [0.05, 0.1) is 20.7 Å². The molecule has 1 rings (SSSR count). The van der Waals surface area contributed by atoms with Crippen molar-refractivity contribution >= 4 is 0 Å². The van der Waals surface area contributed by atoms with Crippen molar-refractivity contribution in [3.63, 3.8) is 0 Å². The van der Waals surface area contributed by atoms with Crippen molar-refractivity contribution in [2.75, 3.05) is 33.9 Å². The van der Waals surface area contributed by atoms with Crippen molar-refractivity contribution in [1.29, 1.82) is 0 Å². The van der Waals surface area contributed by atoms with Crippen LogP contribution < -0.4 is 12.4 Å². The second kappa shape index (κ2) is 22.2. The number of halogens is 1. The molecule has 0 aliphatic rings. The van der Waals surface area contributed by atoms with E-state index in [0.29, 0.717) is 0 Å². The van der Waals surface area contributed by atoms with Crippen molar-refractivity contribution in [2.45, 2.75) is 116 Å². The summed E-state index contributed by atoms with van der Waals surface area (Å²) in [5.41, 5.74) is 1.41. The zero-order chi connectivity index (χ0) is 22.5. The zero-order valence-corrected chi connectivity index (χ0v) is 22.5. The Morgan fingerprint density at radius 1 is 0.594 bits per heavy atom. The lowest BCUT2D eigenvalue weighted by Crippen LogP contribution is -3.00. The first-order valence-corrected chi connectivity index (χ1v) is 13.6. The van der Waals surface area contributed by atoms with Crippen molar-refractivity contribution in [1.82, 2.24) is 0 Å². The van der Waals surface area contributed by atoms with Gasteiger partial charge in [0.2, 0.25) is 0 Å². The molecule has 0 bridgehead atoms. The maximum absolute atomic E-state index is 5.91. The zero-order valence-electron chi connectivity index (χ0n) is 21.8. The molecule has 0 amide bonds. The van der Waals surface area contributed by atoms with Gasteiger partial charge < -0.3 is 21.6 Å². The number of benzene rings is 1. The Morgan fingerprint density at radius 2 is 1.03 bits per heavy atom. The van der Waals surface area contributed by atoms with E-state index < -0.39 is 0 Å². The van der Waals surface area contributed by atoms with Crippen molar-refractivity contribution < 1.29 is 21.6 Å². The normalized spacial score (nSPS) is 11.5. The van der Waals surface area contributed by atoms with Gasteiger partial charge in [0.1, 0.15) is 13.1 Å². The lowest BCUT2D eigenvalue weighted by Gasteiger charge is -2.29. The SMILES string of the molecule is CCCCCCCCCCCCCCCCCCOCC[N+](C)(C)Cc1ccccc1.[Cl-]. The average Bonchev–Trinajstić information content (AvgIpc) is 2.75. The summed E-state index contributed by atoms with van der Waals surface area (Å²) in [5.74, 6) is 0. The molecule has 0 saturated carbocycles. The highest BCUT2D eigenvalue weighted by atomic mass is 35.5. The quantitative estimate of drug-likeness (QED) is 0.160. The highest BCUT2D eigenvalue weighted by Crippen LogP contribution is 2.14. The summed E-state index contributed by atoms with van der Waals surface area (Å²) in [6.07, 6.45) is 22.7. The van der Waals surface area contributed by atoms with E-state index in [0.717, 1.165) is 30.8 Å². The minimum atomic E-state index is 0. The molecule has 0 atom stereocenters. The Bertz CT molecular complexity index is 491. The molecule has 0 spiro atoms. The minimum absolute atomic E-state index is 0. The third kappa shape index (κ3) is 20.1. The number of likely N-dealkylation sites (N-methyl/N-ethyl adjacent to an activating group) is 1. The van der Waals surface area contributed by atoms with Gasteiger partial charge in [-0.1, -0.05) is 134 Å². The molecule has 0 saturated heterocycles. The minimum Gasteiger partial charge on any atom is -1.00 e. The molecule has 0 N–H and O–H groups in total. The third-order valence-corrected chi connectivity index (χ3v) is 6.44. The number of ether oxygens (including phenoxy) is 1. The van der Waals surface area contributed by atoms with Crippen molar-refractivity contribution in [3.05, 3.63) is 35.9 Å². The topological polar surface area (TPSA) is 9.23 Å². The summed E-state index contributed by atoms with van der Waals surface area (Å²) < 4.78 is 6.90. The summed E-state index contributed by atoms with van der Waals surface area (Å²) >= 11 is 0. The van der Waals surface area contributed by atoms with Crippen LogP contribution in [0.2, 0.25) is 0 Å². The van der Waals surface area contributed by atoms with Crippen LogP contribution in [0.5, 0.6) is 0 Å². The lowest BCUT2D eigenvalue weighted by atomic mass is 10.0. The fourth-order valence-electron chi connectivity index (χ4n) is 4.32. The average molecular weight is 468 g/mol. The van der Waals surface area contributed by atoms with E-state index in [9.17, 15) is 0 Å². The van der Waals surface area contributed by atoms with E-state index in [2.05, 4.69) is 51.4 Å². The van der Waals surface area contributed by atoms with Gasteiger partial charge in [-0.3, -0.25) is 0 Å². The fraction of sp³-hybridized carbons (Fsp3) is 0.793. The standard InChI is InChI=1S/C29H54NO.ClH/c1-4-5-6-7-8-9-10-11-12-13-14-15-16-17-18-22-26-31-27-25-30(2,3)28-29-23-20-19-21-24-29;/h19-21,23-24H,4-18,22,25-28H2,1-3H3;1H/q+1;/p-1. The fourth-order valence-corrected chi connectivity index (χ4v) is 4.32. The molecule has 32 heavy (non-hydrogen) atoms. The number of hydrogen-bond acceptors (Lipinski definition) is 1. The van der Waals surface area contributed by atoms with Crippen LogP contribution in [0.4, 0.5) is 0 Å². The number of unbranched alkanes of at least 4 members (excludes halogenated alkanes) is 15. The number of quaternary nitrogens is 1. The predicted molar refractivity (Wildman–Crippen MR) is 137 cm³/mol.